The standard InChI is InChI=1S/C14H16ClNO3/c1-3-14(4-2)8-12(18)16(13(14)19)9-5-6-10(15)11(17)7-9/h5-7,17H,3-4,8H2,1-2H3. The Labute approximate surface area is 117 Å². The molecule has 1 aliphatic heterocycles. The number of phenols is 1. The van der Waals surface area contributed by atoms with Gasteiger partial charge in [-0.1, -0.05) is 25.4 Å². The minimum atomic E-state index is -0.605. The predicted octanol–water partition coefficient (Wildman–Crippen LogP) is 3.12. The van der Waals surface area contributed by atoms with Crippen LogP contribution in [0.4, 0.5) is 5.69 Å². The van der Waals surface area contributed by atoms with E-state index < -0.39 is 5.41 Å². The second-order valence-electron chi connectivity index (χ2n) is 4.83. The summed E-state index contributed by atoms with van der Waals surface area (Å²) in [7, 11) is 0. The molecule has 0 unspecified atom stereocenters. The Balaban J connectivity index is 2.43. The maximum absolute atomic E-state index is 12.5. The molecule has 0 atom stereocenters. The average molecular weight is 282 g/mol. The van der Waals surface area contributed by atoms with Crippen LogP contribution in [0.15, 0.2) is 18.2 Å². The first-order valence-electron chi connectivity index (χ1n) is 6.31. The third-order valence-electron chi connectivity index (χ3n) is 3.94. The monoisotopic (exact) mass is 281 g/mol. The van der Waals surface area contributed by atoms with Gasteiger partial charge in [-0.3, -0.25) is 9.59 Å². The summed E-state index contributed by atoms with van der Waals surface area (Å²) >= 11 is 5.73. The van der Waals surface area contributed by atoms with Crippen LogP contribution in [-0.4, -0.2) is 16.9 Å². The number of amides is 2. The molecule has 1 saturated heterocycles. The summed E-state index contributed by atoms with van der Waals surface area (Å²) in [6, 6.07) is 4.39. The van der Waals surface area contributed by atoms with Crippen molar-refractivity contribution in [1.29, 1.82) is 0 Å². The van der Waals surface area contributed by atoms with Crippen molar-refractivity contribution in [3.05, 3.63) is 23.2 Å². The number of hydrogen-bond donors (Lipinski definition) is 1. The van der Waals surface area contributed by atoms with Gasteiger partial charge < -0.3 is 5.11 Å². The number of nitrogens with zero attached hydrogens (tertiary/aromatic N) is 1. The molecule has 1 fully saturated rings. The molecule has 1 aromatic carbocycles. The second-order valence-corrected chi connectivity index (χ2v) is 5.24. The highest BCUT2D eigenvalue weighted by Gasteiger charge is 2.49. The first-order chi connectivity index (χ1) is 8.95. The highest BCUT2D eigenvalue weighted by molar-refractivity contribution is 6.32. The molecule has 102 valence electrons. The smallest absolute Gasteiger partial charge is 0.240 e. The van der Waals surface area contributed by atoms with Crippen LogP contribution in [0, 0.1) is 5.41 Å². The summed E-state index contributed by atoms with van der Waals surface area (Å²) < 4.78 is 0. The number of halogens is 1. The van der Waals surface area contributed by atoms with Gasteiger partial charge in [-0.2, -0.15) is 0 Å². The number of aromatic hydroxyl groups is 1. The van der Waals surface area contributed by atoms with Gasteiger partial charge in [0.1, 0.15) is 5.75 Å². The number of hydrogen-bond acceptors (Lipinski definition) is 3. The van der Waals surface area contributed by atoms with Crippen molar-refractivity contribution in [2.24, 2.45) is 5.41 Å². The largest absolute Gasteiger partial charge is 0.506 e. The number of rotatable bonds is 3. The van der Waals surface area contributed by atoms with Crippen molar-refractivity contribution in [1.82, 2.24) is 0 Å². The molecule has 1 aliphatic rings. The quantitative estimate of drug-likeness (QED) is 0.866. The van der Waals surface area contributed by atoms with Gasteiger partial charge in [0.15, 0.2) is 0 Å². The van der Waals surface area contributed by atoms with Gasteiger partial charge >= 0.3 is 0 Å². The highest BCUT2D eigenvalue weighted by atomic mass is 35.5. The van der Waals surface area contributed by atoms with E-state index in [0.717, 1.165) is 4.90 Å². The van der Waals surface area contributed by atoms with Gasteiger partial charge in [0.2, 0.25) is 11.8 Å². The molecule has 4 nitrogen and oxygen atoms in total. The molecule has 0 saturated carbocycles. The predicted molar refractivity (Wildman–Crippen MR) is 73.2 cm³/mol. The van der Waals surface area contributed by atoms with Crippen molar-refractivity contribution in [3.63, 3.8) is 0 Å². The topological polar surface area (TPSA) is 57.6 Å². The molecular weight excluding hydrogens is 266 g/mol. The molecule has 0 spiro atoms. The molecule has 19 heavy (non-hydrogen) atoms. The second kappa shape index (κ2) is 4.85. The third-order valence-corrected chi connectivity index (χ3v) is 4.26. The van der Waals surface area contributed by atoms with E-state index in [1.807, 2.05) is 13.8 Å². The lowest BCUT2D eigenvalue weighted by atomic mass is 9.81. The molecule has 1 aromatic rings. The average Bonchev–Trinajstić information content (AvgIpc) is 2.65. The molecule has 5 heteroatoms. The SMILES string of the molecule is CCC1(CC)CC(=O)N(c2ccc(Cl)c(O)c2)C1=O. The van der Waals surface area contributed by atoms with Crippen LogP contribution in [0.25, 0.3) is 0 Å². The molecule has 0 aliphatic carbocycles. The number of anilines is 1. The normalized spacial score (nSPS) is 18.2. The van der Waals surface area contributed by atoms with Crippen LogP contribution in [0.5, 0.6) is 5.75 Å². The maximum Gasteiger partial charge on any atom is 0.240 e. The first kappa shape index (κ1) is 13.9. The van der Waals surface area contributed by atoms with Crippen LogP contribution in [-0.2, 0) is 9.59 Å². The van der Waals surface area contributed by atoms with E-state index >= 15 is 0 Å². The Bertz CT molecular complexity index is 537. The highest BCUT2D eigenvalue weighted by Crippen LogP contribution is 2.42. The zero-order chi connectivity index (χ0) is 14.2. The number of carbonyl (C=O) groups excluding carboxylic acids is 2. The minimum Gasteiger partial charge on any atom is -0.506 e. The zero-order valence-electron chi connectivity index (χ0n) is 10.9. The van der Waals surface area contributed by atoms with E-state index in [1.54, 1.807) is 6.07 Å². The summed E-state index contributed by atoms with van der Waals surface area (Å²) in [5.74, 6) is -0.551. The zero-order valence-corrected chi connectivity index (χ0v) is 11.7. The van der Waals surface area contributed by atoms with Crippen LogP contribution in [0.2, 0.25) is 5.02 Å². The van der Waals surface area contributed by atoms with Crippen molar-refractivity contribution >= 4 is 29.1 Å². The van der Waals surface area contributed by atoms with Crippen LogP contribution < -0.4 is 4.90 Å². The molecule has 0 aromatic heterocycles. The molecule has 1 heterocycles. The Morgan fingerprint density at radius 3 is 2.42 bits per heavy atom. The summed E-state index contributed by atoms with van der Waals surface area (Å²) in [5, 5.41) is 9.79. The van der Waals surface area contributed by atoms with Gasteiger partial charge in [-0.15, -0.1) is 0 Å². The number of carbonyl (C=O) groups is 2. The minimum absolute atomic E-state index is 0.134. The van der Waals surface area contributed by atoms with E-state index in [-0.39, 0.29) is 29.0 Å². The molecule has 0 bridgehead atoms. The Hall–Kier alpha value is -1.55. The number of imide groups is 1. The van der Waals surface area contributed by atoms with E-state index in [1.165, 1.54) is 12.1 Å². The Morgan fingerprint density at radius 1 is 1.32 bits per heavy atom. The first-order valence-corrected chi connectivity index (χ1v) is 6.69. The molecule has 0 radical (unpaired) electrons. The Kier molecular flexibility index (Phi) is 3.54. The van der Waals surface area contributed by atoms with E-state index in [4.69, 9.17) is 11.6 Å². The van der Waals surface area contributed by atoms with Crippen LogP contribution in [0.3, 0.4) is 0 Å². The van der Waals surface area contributed by atoms with Gasteiger partial charge in [-0.05, 0) is 25.0 Å². The molecule has 1 N–H and O–H groups in total. The number of benzene rings is 1. The molecule has 2 rings (SSSR count). The lowest BCUT2D eigenvalue weighted by molar-refractivity contribution is -0.126. The van der Waals surface area contributed by atoms with E-state index in [9.17, 15) is 14.7 Å². The fraction of sp³-hybridized carbons (Fsp3) is 0.429. The van der Waals surface area contributed by atoms with Crippen LogP contribution in [0.1, 0.15) is 33.1 Å². The van der Waals surface area contributed by atoms with Gasteiger partial charge in [0, 0.05) is 12.5 Å². The lowest BCUT2D eigenvalue weighted by Gasteiger charge is -2.23. The van der Waals surface area contributed by atoms with Crippen molar-refractivity contribution in [2.45, 2.75) is 33.1 Å². The van der Waals surface area contributed by atoms with E-state index in [2.05, 4.69) is 0 Å². The van der Waals surface area contributed by atoms with Gasteiger partial charge in [0.25, 0.3) is 0 Å². The lowest BCUT2D eigenvalue weighted by Crippen LogP contribution is -2.35. The third kappa shape index (κ3) is 2.10. The summed E-state index contributed by atoms with van der Waals surface area (Å²) in [6.07, 6.45) is 1.48. The van der Waals surface area contributed by atoms with Crippen LogP contribution >= 0.6 is 11.6 Å². The van der Waals surface area contributed by atoms with Gasteiger partial charge in [0.05, 0.1) is 16.1 Å². The fourth-order valence-electron chi connectivity index (χ4n) is 2.50. The maximum atomic E-state index is 12.5. The number of phenolic OH excluding ortho intramolecular Hbond substituents is 1. The van der Waals surface area contributed by atoms with E-state index in [0.29, 0.717) is 18.5 Å². The van der Waals surface area contributed by atoms with Crippen molar-refractivity contribution in [2.75, 3.05) is 4.90 Å². The Morgan fingerprint density at radius 2 is 1.95 bits per heavy atom. The summed E-state index contributed by atoms with van der Waals surface area (Å²) in [5.41, 5.74) is -0.229. The molecule has 2 amide bonds. The fourth-order valence-corrected chi connectivity index (χ4v) is 2.62. The van der Waals surface area contributed by atoms with Crippen molar-refractivity contribution in [3.8, 4) is 5.75 Å². The molecular formula is C14H16ClNO3. The van der Waals surface area contributed by atoms with Gasteiger partial charge in [-0.25, -0.2) is 4.90 Å². The van der Waals surface area contributed by atoms with Crippen molar-refractivity contribution < 1.29 is 14.7 Å². The summed E-state index contributed by atoms with van der Waals surface area (Å²) in [4.78, 5) is 25.7. The summed E-state index contributed by atoms with van der Waals surface area (Å²) in [6.45, 7) is 3.83.